The molecule has 1 atom stereocenters. The Morgan fingerprint density at radius 2 is 2.14 bits per heavy atom. The van der Waals surface area contributed by atoms with Crippen LogP contribution in [0.4, 0.5) is 5.69 Å². The average molecular weight is 334 g/mol. The van der Waals surface area contributed by atoms with Crippen LogP contribution in [0, 0.1) is 5.92 Å². The highest BCUT2D eigenvalue weighted by Gasteiger charge is 2.27. The fourth-order valence-corrected chi connectivity index (χ4v) is 2.59. The van der Waals surface area contributed by atoms with Gasteiger partial charge in [0.1, 0.15) is 0 Å². The summed E-state index contributed by atoms with van der Waals surface area (Å²) in [6.07, 6.45) is 1.10. The van der Waals surface area contributed by atoms with Gasteiger partial charge >= 0.3 is 0 Å². The van der Waals surface area contributed by atoms with Gasteiger partial charge in [-0.1, -0.05) is 13.0 Å². The summed E-state index contributed by atoms with van der Waals surface area (Å²) < 4.78 is 0. The summed E-state index contributed by atoms with van der Waals surface area (Å²) in [6.45, 7) is 6.00. The fourth-order valence-electron chi connectivity index (χ4n) is 2.59. The molecule has 6 heteroatoms. The quantitative estimate of drug-likeness (QED) is 0.861. The topological polar surface area (TPSA) is 49.6 Å². The molecule has 1 saturated heterocycles. The number of halogens is 2. The molecule has 1 amide bonds. The zero-order valence-electron chi connectivity index (χ0n) is 12.6. The van der Waals surface area contributed by atoms with Gasteiger partial charge in [0.15, 0.2) is 0 Å². The molecule has 2 N–H and O–H groups in total. The molecule has 21 heavy (non-hydrogen) atoms. The van der Waals surface area contributed by atoms with E-state index < -0.39 is 0 Å². The number of hydrogen-bond donors (Lipinski definition) is 1. The molecular weight excluding hydrogens is 309 g/mol. The van der Waals surface area contributed by atoms with E-state index in [1.165, 1.54) is 0 Å². The highest BCUT2D eigenvalue weighted by molar-refractivity contribution is 5.95. The second-order valence-corrected chi connectivity index (χ2v) is 5.39. The molecule has 0 spiro atoms. The van der Waals surface area contributed by atoms with Gasteiger partial charge < -0.3 is 15.5 Å². The van der Waals surface area contributed by atoms with Crippen molar-refractivity contribution >= 4 is 36.4 Å². The van der Waals surface area contributed by atoms with Crippen LogP contribution in [-0.4, -0.2) is 48.9 Å². The number of nitrogens with zero attached hydrogens (tertiary/aromatic N) is 2. The van der Waals surface area contributed by atoms with Gasteiger partial charge in [0.05, 0.1) is 0 Å². The van der Waals surface area contributed by atoms with E-state index in [4.69, 9.17) is 5.73 Å². The molecule has 1 aliphatic heterocycles. The van der Waals surface area contributed by atoms with Crippen molar-refractivity contribution < 1.29 is 4.79 Å². The van der Waals surface area contributed by atoms with E-state index in [-0.39, 0.29) is 30.7 Å². The minimum atomic E-state index is 0. The number of rotatable bonds is 4. The maximum absolute atomic E-state index is 12.4. The van der Waals surface area contributed by atoms with Crippen LogP contribution in [0.15, 0.2) is 24.3 Å². The van der Waals surface area contributed by atoms with Gasteiger partial charge in [-0.05, 0) is 44.1 Å². The van der Waals surface area contributed by atoms with E-state index in [2.05, 4.69) is 18.9 Å². The van der Waals surface area contributed by atoms with E-state index in [9.17, 15) is 4.79 Å². The van der Waals surface area contributed by atoms with Crippen molar-refractivity contribution in [3.05, 3.63) is 29.8 Å². The molecule has 1 heterocycles. The zero-order chi connectivity index (χ0) is 13.8. The first-order valence-corrected chi connectivity index (χ1v) is 6.93. The first-order chi connectivity index (χ1) is 9.10. The molecule has 0 saturated carbocycles. The number of nitrogen functional groups attached to an aromatic ring is 1. The lowest BCUT2D eigenvalue weighted by Crippen LogP contribution is -2.31. The number of anilines is 1. The van der Waals surface area contributed by atoms with Crippen LogP contribution in [0.2, 0.25) is 0 Å². The van der Waals surface area contributed by atoms with Gasteiger partial charge in [0.2, 0.25) is 0 Å². The lowest BCUT2D eigenvalue weighted by molar-refractivity contribution is 0.0784. The lowest BCUT2D eigenvalue weighted by atomic mass is 10.1. The Kier molecular flexibility index (Phi) is 8.71. The third-order valence-electron chi connectivity index (χ3n) is 3.82. The van der Waals surface area contributed by atoms with Crippen molar-refractivity contribution in [2.45, 2.75) is 13.3 Å². The van der Waals surface area contributed by atoms with Gasteiger partial charge in [-0.3, -0.25) is 4.79 Å². The molecule has 1 aromatic rings. The monoisotopic (exact) mass is 333 g/mol. The van der Waals surface area contributed by atoms with E-state index in [0.717, 1.165) is 32.6 Å². The first kappa shape index (κ1) is 20.0. The van der Waals surface area contributed by atoms with E-state index >= 15 is 0 Å². The smallest absolute Gasteiger partial charge is 0.253 e. The molecule has 0 radical (unpaired) electrons. The number of nitrogens with two attached hydrogens (primary N) is 1. The van der Waals surface area contributed by atoms with Gasteiger partial charge in [0.25, 0.3) is 5.91 Å². The molecule has 4 nitrogen and oxygen atoms in total. The zero-order valence-corrected chi connectivity index (χ0v) is 14.3. The second kappa shape index (κ2) is 9.13. The van der Waals surface area contributed by atoms with Gasteiger partial charge in [-0.15, -0.1) is 24.8 Å². The third-order valence-corrected chi connectivity index (χ3v) is 3.82. The third kappa shape index (κ3) is 5.38. The maximum Gasteiger partial charge on any atom is 0.253 e. The molecule has 0 aliphatic carbocycles. The van der Waals surface area contributed by atoms with Crippen molar-refractivity contribution in [1.29, 1.82) is 0 Å². The Morgan fingerprint density at radius 1 is 1.43 bits per heavy atom. The predicted molar refractivity (Wildman–Crippen MR) is 92.5 cm³/mol. The highest BCUT2D eigenvalue weighted by atomic mass is 35.5. The van der Waals surface area contributed by atoms with Crippen LogP contribution < -0.4 is 5.73 Å². The normalized spacial score (nSPS) is 17.3. The summed E-state index contributed by atoms with van der Waals surface area (Å²) in [7, 11) is 2.13. The molecular formula is C15H25Cl2N3O. The standard InChI is InChI=1S/C15H23N3O.2ClH/c1-3-17(2)10-12-7-8-18(11-12)15(19)13-5-4-6-14(16)9-13;;/h4-6,9,12H,3,7-8,10-11,16H2,1-2H3;2*1H. The Morgan fingerprint density at radius 3 is 2.76 bits per heavy atom. The van der Waals surface area contributed by atoms with Crippen molar-refractivity contribution in [2.24, 2.45) is 5.92 Å². The maximum atomic E-state index is 12.4. The van der Waals surface area contributed by atoms with E-state index in [1.54, 1.807) is 12.1 Å². The number of carbonyl (C=O) groups is 1. The van der Waals surface area contributed by atoms with Crippen LogP contribution in [0.1, 0.15) is 23.7 Å². The van der Waals surface area contributed by atoms with Gasteiger partial charge in [-0.25, -0.2) is 0 Å². The Bertz CT molecular complexity index is 456. The summed E-state index contributed by atoms with van der Waals surface area (Å²) in [4.78, 5) is 16.6. The highest BCUT2D eigenvalue weighted by Crippen LogP contribution is 2.20. The Balaban J connectivity index is 0.00000200. The number of hydrogen-bond acceptors (Lipinski definition) is 3. The molecule has 120 valence electrons. The van der Waals surface area contributed by atoms with Crippen LogP contribution >= 0.6 is 24.8 Å². The van der Waals surface area contributed by atoms with Crippen molar-refractivity contribution in [3.8, 4) is 0 Å². The van der Waals surface area contributed by atoms with E-state index in [0.29, 0.717) is 17.2 Å². The minimum Gasteiger partial charge on any atom is -0.399 e. The van der Waals surface area contributed by atoms with Crippen LogP contribution in [0.25, 0.3) is 0 Å². The number of amides is 1. The van der Waals surface area contributed by atoms with Crippen molar-refractivity contribution in [3.63, 3.8) is 0 Å². The largest absolute Gasteiger partial charge is 0.399 e. The number of benzene rings is 1. The first-order valence-electron chi connectivity index (χ1n) is 6.93. The second-order valence-electron chi connectivity index (χ2n) is 5.39. The van der Waals surface area contributed by atoms with Crippen molar-refractivity contribution in [1.82, 2.24) is 9.80 Å². The molecule has 2 rings (SSSR count). The summed E-state index contributed by atoms with van der Waals surface area (Å²) in [6, 6.07) is 7.23. The summed E-state index contributed by atoms with van der Waals surface area (Å²) in [5.41, 5.74) is 7.07. The average Bonchev–Trinajstić information content (AvgIpc) is 2.86. The number of carbonyl (C=O) groups excluding carboxylic acids is 1. The van der Waals surface area contributed by atoms with Crippen LogP contribution in [-0.2, 0) is 0 Å². The predicted octanol–water partition coefficient (Wildman–Crippen LogP) is 2.53. The van der Waals surface area contributed by atoms with Crippen molar-refractivity contribution in [2.75, 3.05) is 39.0 Å². The van der Waals surface area contributed by atoms with E-state index in [1.807, 2.05) is 17.0 Å². The molecule has 0 bridgehead atoms. The Labute approximate surface area is 139 Å². The molecule has 0 aromatic heterocycles. The fraction of sp³-hybridized carbons (Fsp3) is 0.533. The molecule has 1 aliphatic rings. The Hall–Kier alpha value is -0.970. The lowest BCUT2D eigenvalue weighted by Gasteiger charge is -2.20. The van der Waals surface area contributed by atoms with Crippen LogP contribution in [0.5, 0.6) is 0 Å². The molecule has 1 aromatic carbocycles. The summed E-state index contributed by atoms with van der Waals surface area (Å²) in [5.74, 6) is 0.698. The van der Waals surface area contributed by atoms with Gasteiger partial charge in [0, 0.05) is 30.9 Å². The SMILES string of the molecule is CCN(C)CC1CCN(C(=O)c2cccc(N)c2)C1.Cl.Cl. The summed E-state index contributed by atoms with van der Waals surface area (Å²) >= 11 is 0. The minimum absolute atomic E-state index is 0. The molecule has 1 unspecified atom stereocenters. The molecule has 1 fully saturated rings. The van der Waals surface area contributed by atoms with Crippen LogP contribution in [0.3, 0.4) is 0 Å². The number of likely N-dealkylation sites (tertiary alicyclic amines) is 1. The van der Waals surface area contributed by atoms with Gasteiger partial charge in [-0.2, -0.15) is 0 Å². The summed E-state index contributed by atoms with van der Waals surface area (Å²) in [5, 5.41) is 0.